The van der Waals surface area contributed by atoms with Crippen LogP contribution in [0.1, 0.15) is 19.4 Å². The monoisotopic (exact) mass is 203 g/mol. The number of fused-ring (bicyclic) bond motifs is 1. The van der Waals surface area contributed by atoms with E-state index in [2.05, 4.69) is 48.9 Å². The van der Waals surface area contributed by atoms with E-state index in [1.807, 2.05) is 7.05 Å². The minimum atomic E-state index is -0.180. The van der Waals surface area contributed by atoms with Crippen molar-refractivity contribution in [3.05, 3.63) is 36.0 Å². The number of nitrogens with zero attached hydrogens (tertiary/aromatic N) is 1. The van der Waals surface area contributed by atoms with Crippen LogP contribution in [0.5, 0.6) is 0 Å². The summed E-state index contributed by atoms with van der Waals surface area (Å²) in [7, 11) is 2.04. The van der Waals surface area contributed by atoms with Crippen molar-refractivity contribution in [1.29, 1.82) is 0 Å². The summed E-state index contributed by atoms with van der Waals surface area (Å²) in [5, 5.41) is 10.6. The fourth-order valence-electron chi connectivity index (χ4n) is 1.98. The standard InChI is InChI=1S/C13H17NO/c1-13(2,9-15)11-5-4-6-12-10(11)7-8-14(12)3/h4-8,15H,9H2,1-3H3. The van der Waals surface area contributed by atoms with Gasteiger partial charge in [0.1, 0.15) is 0 Å². The van der Waals surface area contributed by atoms with E-state index in [9.17, 15) is 5.11 Å². The second-order valence-corrected chi connectivity index (χ2v) is 4.71. The van der Waals surface area contributed by atoms with Gasteiger partial charge in [0.2, 0.25) is 0 Å². The van der Waals surface area contributed by atoms with Crippen LogP contribution < -0.4 is 0 Å². The van der Waals surface area contributed by atoms with Crippen molar-refractivity contribution in [3.8, 4) is 0 Å². The van der Waals surface area contributed by atoms with Crippen molar-refractivity contribution >= 4 is 10.9 Å². The van der Waals surface area contributed by atoms with Gasteiger partial charge in [-0.1, -0.05) is 26.0 Å². The Kier molecular flexibility index (Phi) is 2.31. The van der Waals surface area contributed by atoms with Gasteiger partial charge >= 0.3 is 0 Å². The van der Waals surface area contributed by atoms with E-state index < -0.39 is 0 Å². The van der Waals surface area contributed by atoms with Gasteiger partial charge in [0.25, 0.3) is 0 Å². The van der Waals surface area contributed by atoms with Gasteiger partial charge in [-0.3, -0.25) is 0 Å². The van der Waals surface area contributed by atoms with Crippen LogP contribution in [-0.4, -0.2) is 16.3 Å². The highest BCUT2D eigenvalue weighted by Crippen LogP contribution is 2.30. The fraction of sp³-hybridized carbons (Fsp3) is 0.385. The van der Waals surface area contributed by atoms with Crippen LogP contribution >= 0.6 is 0 Å². The Morgan fingerprint density at radius 3 is 2.67 bits per heavy atom. The zero-order valence-electron chi connectivity index (χ0n) is 9.49. The van der Waals surface area contributed by atoms with Crippen LogP contribution in [0.25, 0.3) is 10.9 Å². The van der Waals surface area contributed by atoms with Crippen molar-refractivity contribution in [2.24, 2.45) is 7.05 Å². The lowest BCUT2D eigenvalue weighted by Gasteiger charge is -2.23. The maximum Gasteiger partial charge on any atom is 0.0522 e. The molecule has 0 amide bonds. The van der Waals surface area contributed by atoms with Crippen LogP contribution in [0.15, 0.2) is 30.5 Å². The summed E-state index contributed by atoms with van der Waals surface area (Å²) >= 11 is 0. The van der Waals surface area contributed by atoms with Crippen molar-refractivity contribution in [2.75, 3.05) is 6.61 Å². The lowest BCUT2D eigenvalue weighted by Crippen LogP contribution is -2.22. The molecule has 80 valence electrons. The molecule has 0 bridgehead atoms. The zero-order valence-corrected chi connectivity index (χ0v) is 9.49. The number of aromatic nitrogens is 1. The molecule has 0 saturated heterocycles. The molecule has 0 radical (unpaired) electrons. The van der Waals surface area contributed by atoms with E-state index in [0.717, 1.165) is 0 Å². The summed E-state index contributed by atoms with van der Waals surface area (Å²) < 4.78 is 2.10. The smallest absolute Gasteiger partial charge is 0.0522 e. The topological polar surface area (TPSA) is 25.2 Å². The molecule has 1 aromatic carbocycles. The molecule has 0 aliphatic rings. The maximum absolute atomic E-state index is 9.41. The molecule has 0 atom stereocenters. The largest absolute Gasteiger partial charge is 0.395 e. The Balaban J connectivity index is 2.71. The van der Waals surface area contributed by atoms with Crippen LogP contribution in [0.2, 0.25) is 0 Å². The highest BCUT2D eigenvalue weighted by Gasteiger charge is 2.21. The van der Waals surface area contributed by atoms with Gasteiger partial charge in [-0.25, -0.2) is 0 Å². The molecule has 0 unspecified atom stereocenters. The van der Waals surface area contributed by atoms with Crippen molar-refractivity contribution < 1.29 is 5.11 Å². The van der Waals surface area contributed by atoms with Crippen LogP contribution in [0, 0.1) is 0 Å². The van der Waals surface area contributed by atoms with E-state index >= 15 is 0 Å². The number of aliphatic hydroxyl groups is 1. The molecule has 1 heterocycles. The minimum absolute atomic E-state index is 0.168. The van der Waals surface area contributed by atoms with Crippen molar-refractivity contribution in [2.45, 2.75) is 19.3 Å². The van der Waals surface area contributed by atoms with Gasteiger partial charge in [0.05, 0.1) is 6.61 Å². The third kappa shape index (κ3) is 1.55. The Labute approximate surface area is 90.2 Å². The highest BCUT2D eigenvalue weighted by molar-refractivity contribution is 5.84. The van der Waals surface area contributed by atoms with E-state index in [0.29, 0.717) is 0 Å². The Hall–Kier alpha value is -1.28. The van der Waals surface area contributed by atoms with Gasteiger partial charge in [0.15, 0.2) is 0 Å². The lowest BCUT2D eigenvalue weighted by atomic mass is 9.83. The summed E-state index contributed by atoms with van der Waals surface area (Å²) in [5.41, 5.74) is 2.25. The van der Waals surface area contributed by atoms with Crippen LogP contribution in [0.4, 0.5) is 0 Å². The van der Waals surface area contributed by atoms with Gasteiger partial charge in [0, 0.05) is 29.6 Å². The first kappa shape index (κ1) is 10.2. The number of benzene rings is 1. The molecule has 0 saturated carbocycles. The van der Waals surface area contributed by atoms with Gasteiger partial charge in [-0.05, 0) is 17.7 Å². The number of aliphatic hydroxyl groups excluding tert-OH is 1. The first-order valence-corrected chi connectivity index (χ1v) is 5.21. The van der Waals surface area contributed by atoms with Gasteiger partial charge in [-0.15, -0.1) is 0 Å². The quantitative estimate of drug-likeness (QED) is 0.796. The Morgan fingerprint density at radius 2 is 2.00 bits per heavy atom. The molecular formula is C13H17NO. The van der Waals surface area contributed by atoms with E-state index in [4.69, 9.17) is 0 Å². The van der Waals surface area contributed by atoms with E-state index in [1.165, 1.54) is 16.5 Å². The minimum Gasteiger partial charge on any atom is -0.395 e. The lowest BCUT2D eigenvalue weighted by molar-refractivity contribution is 0.219. The third-order valence-corrected chi connectivity index (χ3v) is 3.05. The van der Waals surface area contributed by atoms with Crippen LogP contribution in [-0.2, 0) is 12.5 Å². The summed E-state index contributed by atoms with van der Waals surface area (Å²) in [6.45, 7) is 4.30. The fourth-order valence-corrected chi connectivity index (χ4v) is 1.98. The molecule has 0 fully saturated rings. The number of hydrogen-bond acceptors (Lipinski definition) is 1. The molecule has 1 N–H and O–H groups in total. The molecule has 0 spiro atoms. The average molecular weight is 203 g/mol. The number of aryl methyl sites for hydroxylation is 1. The maximum atomic E-state index is 9.41. The molecule has 15 heavy (non-hydrogen) atoms. The molecule has 1 aromatic heterocycles. The van der Waals surface area contributed by atoms with Gasteiger partial charge < -0.3 is 9.67 Å². The molecule has 0 aliphatic carbocycles. The normalized spacial score (nSPS) is 12.3. The predicted octanol–water partition coefficient (Wildman–Crippen LogP) is 2.45. The van der Waals surface area contributed by atoms with E-state index in [-0.39, 0.29) is 12.0 Å². The van der Waals surface area contributed by atoms with Crippen molar-refractivity contribution in [1.82, 2.24) is 4.57 Å². The van der Waals surface area contributed by atoms with Crippen molar-refractivity contribution in [3.63, 3.8) is 0 Å². The third-order valence-electron chi connectivity index (χ3n) is 3.05. The first-order chi connectivity index (χ1) is 7.06. The average Bonchev–Trinajstić information content (AvgIpc) is 2.60. The second-order valence-electron chi connectivity index (χ2n) is 4.71. The Bertz CT molecular complexity index is 482. The molecule has 2 rings (SSSR count). The molecule has 2 nitrogen and oxygen atoms in total. The molecule has 2 aromatic rings. The summed E-state index contributed by atoms with van der Waals surface area (Å²) in [4.78, 5) is 0. The van der Waals surface area contributed by atoms with Crippen LogP contribution in [0.3, 0.4) is 0 Å². The van der Waals surface area contributed by atoms with E-state index in [1.54, 1.807) is 0 Å². The number of rotatable bonds is 2. The predicted molar refractivity (Wildman–Crippen MR) is 63.0 cm³/mol. The molecular weight excluding hydrogens is 186 g/mol. The highest BCUT2D eigenvalue weighted by atomic mass is 16.3. The van der Waals surface area contributed by atoms with Gasteiger partial charge in [-0.2, -0.15) is 0 Å². The second kappa shape index (κ2) is 3.38. The summed E-state index contributed by atoms with van der Waals surface area (Å²) in [5.74, 6) is 0. The SMILES string of the molecule is Cn1ccc2c(C(C)(C)CO)cccc21. The number of hydrogen-bond donors (Lipinski definition) is 1. The first-order valence-electron chi connectivity index (χ1n) is 5.21. The summed E-state index contributed by atoms with van der Waals surface area (Å²) in [6, 6.07) is 8.36. The zero-order chi connectivity index (χ0) is 11.1. The Morgan fingerprint density at radius 1 is 1.27 bits per heavy atom. The molecule has 2 heteroatoms. The summed E-state index contributed by atoms with van der Waals surface area (Å²) in [6.07, 6.45) is 2.06. The molecule has 0 aliphatic heterocycles.